The molecule has 1 N–H and O–H groups in total. The summed E-state index contributed by atoms with van der Waals surface area (Å²) in [6.45, 7) is 0.0949. The number of aromatic nitrogens is 1. The topological polar surface area (TPSA) is 24.1 Å². The van der Waals surface area contributed by atoms with Crippen molar-refractivity contribution >= 4 is 12.2 Å². The Hall–Kier alpha value is -1.93. The smallest absolute Gasteiger partial charge is 0.204 e. The molecule has 2 aromatic rings. The highest BCUT2D eigenvalue weighted by molar-refractivity contribution is 5.66. The monoisotopic (exact) mass is 226 g/mol. The molecule has 0 fully saturated rings. The molecule has 0 aliphatic heterocycles. The molecule has 17 heavy (non-hydrogen) atoms. The van der Waals surface area contributed by atoms with Crippen LogP contribution in [-0.4, -0.2) is 5.11 Å². The molecule has 0 amide bonds. The minimum Gasteiger partial charge on any atom is -0.392 e. The lowest BCUT2D eigenvalue weighted by atomic mass is 10.1. The molecule has 0 aliphatic carbocycles. The molecule has 1 aromatic heterocycles. The molecule has 2 nitrogen and oxygen atoms in total. The average molecular weight is 226 g/mol. The van der Waals surface area contributed by atoms with Crippen molar-refractivity contribution in [1.82, 2.24) is 0 Å². The largest absolute Gasteiger partial charge is 0.392 e. The van der Waals surface area contributed by atoms with Crippen molar-refractivity contribution in [3.8, 4) is 0 Å². The Morgan fingerprint density at radius 3 is 2.47 bits per heavy atom. The van der Waals surface area contributed by atoms with Crippen LogP contribution in [0.25, 0.3) is 12.2 Å². The predicted molar refractivity (Wildman–Crippen MR) is 68.9 cm³/mol. The van der Waals surface area contributed by atoms with Gasteiger partial charge in [-0.25, -0.2) is 4.57 Å². The number of rotatable bonds is 3. The Labute approximate surface area is 101 Å². The summed E-state index contributed by atoms with van der Waals surface area (Å²) in [6.07, 6.45) is 6.17. The van der Waals surface area contributed by atoms with Gasteiger partial charge in [0, 0.05) is 18.2 Å². The predicted octanol–water partition coefficient (Wildman–Crippen LogP) is 2.17. The molecule has 0 atom stereocenters. The molecular weight excluding hydrogens is 210 g/mol. The maximum atomic E-state index is 8.95. The summed E-state index contributed by atoms with van der Waals surface area (Å²) in [7, 11) is 2.02. The lowest BCUT2D eigenvalue weighted by Crippen LogP contribution is -2.30. The van der Waals surface area contributed by atoms with E-state index in [0.717, 1.165) is 16.8 Å². The summed E-state index contributed by atoms with van der Waals surface area (Å²) in [5.41, 5.74) is 3.22. The van der Waals surface area contributed by atoms with Crippen LogP contribution >= 0.6 is 0 Å². The first-order valence-electron chi connectivity index (χ1n) is 5.62. The molecular formula is C15H16NO+. The maximum Gasteiger partial charge on any atom is 0.204 e. The molecule has 0 radical (unpaired) electrons. The highest BCUT2D eigenvalue weighted by atomic mass is 16.3. The van der Waals surface area contributed by atoms with Crippen LogP contribution in [0.4, 0.5) is 0 Å². The molecule has 0 bridgehead atoms. The number of aliphatic hydroxyl groups is 1. The second-order valence-corrected chi connectivity index (χ2v) is 3.97. The summed E-state index contributed by atoms with van der Waals surface area (Å²) in [5.74, 6) is 0. The van der Waals surface area contributed by atoms with Crippen molar-refractivity contribution in [3.05, 3.63) is 65.5 Å². The van der Waals surface area contributed by atoms with E-state index >= 15 is 0 Å². The van der Waals surface area contributed by atoms with Gasteiger partial charge in [-0.15, -0.1) is 0 Å². The molecule has 1 heterocycles. The number of benzene rings is 1. The van der Waals surface area contributed by atoms with E-state index in [0.29, 0.717) is 0 Å². The van der Waals surface area contributed by atoms with Crippen LogP contribution in [0.5, 0.6) is 0 Å². The van der Waals surface area contributed by atoms with Crippen molar-refractivity contribution < 1.29 is 9.67 Å². The van der Waals surface area contributed by atoms with E-state index in [1.807, 2.05) is 49.6 Å². The molecule has 0 aliphatic rings. The lowest BCUT2D eigenvalue weighted by molar-refractivity contribution is -0.673. The Morgan fingerprint density at radius 1 is 1.06 bits per heavy atom. The van der Waals surface area contributed by atoms with E-state index in [1.54, 1.807) is 0 Å². The number of nitrogens with zero attached hydrogens (tertiary/aromatic N) is 1. The van der Waals surface area contributed by atoms with Crippen molar-refractivity contribution in [3.63, 3.8) is 0 Å². The number of hydrogen-bond acceptors (Lipinski definition) is 1. The summed E-state index contributed by atoms with van der Waals surface area (Å²) in [4.78, 5) is 0. The summed E-state index contributed by atoms with van der Waals surface area (Å²) in [5, 5.41) is 8.95. The van der Waals surface area contributed by atoms with Crippen LogP contribution in [0, 0.1) is 0 Å². The number of hydrogen-bond donors (Lipinski definition) is 1. The second-order valence-electron chi connectivity index (χ2n) is 3.97. The van der Waals surface area contributed by atoms with E-state index in [-0.39, 0.29) is 6.61 Å². The summed E-state index contributed by atoms with van der Waals surface area (Å²) >= 11 is 0. The van der Waals surface area contributed by atoms with Crippen molar-refractivity contribution in [2.75, 3.05) is 0 Å². The van der Waals surface area contributed by atoms with E-state index in [9.17, 15) is 0 Å². The molecule has 0 saturated heterocycles. The lowest BCUT2D eigenvalue weighted by Gasteiger charge is -1.97. The van der Waals surface area contributed by atoms with Gasteiger partial charge in [0.05, 0.1) is 6.61 Å². The van der Waals surface area contributed by atoms with Crippen LogP contribution in [-0.2, 0) is 13.7 Å². The third kappa shape index (κ3) is 3.02. The van der Waals surface area contributed by atoms with Crippen LogP contribution in [0.2, 0.25) is 0 Å². The molecule has 2 heteroatoms. The van der Waals surface area contributed by atoms with Gasteiger partial charge in [0.2, 0.25) is 5.69 Å². The fourth-order valence-corrected chi connectivity index (χ4v) is 1.63. The third-order valence-corrected chi connectivity index (χ3v) is 2.70. The normalized spacial score (nSPS) is 10.9. The highest BCUT2D eigenvalue weighted by Gasteiger charge is 1.98. The summed E-state index contributed by atoms with van der Waals surface area (Å²) in [6, 6.07) is 14.0. The standard InChI is InChI=1S/C15H16NO/c1-16-11-3-2-4-15(16)10-9-13-5-7-14(12-17)8-6-13/h2-11,17H,12H2,1H3/q+1. The van der Waals surface area contributed by atoms with Gasteiger partial charge in [-0.05, 0) is 23.3 Å². The zero-order chi connectivity index (χ0) is 12.1. The van der Waals surface area contributed by atoms with Crippen LogP contribution < -0.4 is 4.57 Å². The summed E-state index contributed by atoms with van der Waals surface area (Å²) < 4.78 is 2.07. The van der Waals surface area contributed by atoms with E-state index in [4.69, 9.17) is 5.11 Å². The third-order valence-electron chi connectivity index (χ3n) is 2.70. The Bertz CT molecular complexity index is 515. The zero-order valence-electron chi connectivity index (χ0n) is 9.88. The Balaban J connectivity index is 2.17. The SMILES string of the molecule is C[n+]1ccccc1C=Cc1ccc(CO)cc1. The van der Waals surface area contributed by atoms with Crippen LogP contribution in [0.3, 0.4) is 0 Å². The van der Waals surface area contributed by atoms with Gasteiger partial charge >= 0.3 is 0 Å². The Kier molecular flexibility index (Phi) is 3.68. The number of aryl methyl sites for hydroxylation is 1. The molecule has 2 rings (SSSR count). The molecule has 0 spiro atoms. The first-order chi connectivity index (χ1) is 8.29. The number of pyridine rings is 1. The van der Waals surface area contributed by atoms with E-state index in [1.165, 1.54) is 0 Å². The quantitative estimate of drug-likeness (QED) is 0.797. The van der Waals surface area contributed by atoms with Gasteiger partial charge in [-0.3, -0.25) is 0 Å². The van der Waals surface area contributed by atoms with Gasteiger partial charge in [0.25, 0.3) is 0 Å². The molecule has 0 unspecified atom stereocenters. The van der Waals surface area contributed by atoms with Gasteiger partial charge < -0.3 is 5.11 Å². The van der Waals surface area contributed by atoms with Gasteiger partial charge in [0.1, 0.15) is 7.05 Å². The van der Waals surface area contributed by atoms with Crippen LogP contribution in [0.15, 0.2) is 48.7 Å². The average Bonchev–Trinajstić information content (AvgIpc) is 2.38. The molecule has 0 saturated carbocycles. The van der Waals surface area contributed by atoms with Crippen molar-refractivity contribution in [2.24, 2.45) is 7.05 Å². The fourth-order valence-electron chi connectivity index (χ4n) is 1.63. The van der Waals surface area contributed by atoms with Crippen molar-refractivity contribution in [1.29, 1.82) is 0 Å². The Morgan fingerprint density at radius 2 is 1.82 bits per heavy atom. The van der Waals surface area contributed by atoms with Gasteiger partial charge in [-0.1, -0.05) is 24.3 Å². The highest BCUT2D eigenvalue weighted by Crippen LogP contribution is 2.08. The zero-order valence-corrected chi connectivity index (χ0v) is 9.88. The minimum atomic E-state index is 0.0949. The second kappa shape index (κ2) is 5.41. The van der Waals surface area contributed by atoms with Gasteiger partial charge in [-0.2, -0.15) is 0 Å². The van der Waals surface area contributed by atoms with Gasteiger partial charge in [0.15, 0.2) is 6.20 Å². The van der Waals surface area contributed by atoms with E-state index < -0.39 is 0 Å². The fraction of sp³-hybridized carbons (Fsp3) is 0.133. The van der Waals surface area contributed by atoms with Crippen molar-refractivity contribution in [2.45, 2.75) is 6.61 Å². The first kappa shape index (κ1) is 11.6. The van der Waals surface area contributed by atoms with Crippen LogP contribution in [0.1, 0.15) is 16.8 Å². The minimum absolute atomic E-state index is 0.0949. The molecule has 86 valence electrons. The first-order valence-corrected chi connectivity index (χ1v) is 5.62. The number of aliphatic hydroxyl groups excluding tert-OH is 1. The molecule has 1 aromatic carbocycles. The maximum absolute atomic E-state index is 8.95. The van der Waals surface area contributed by atoms with E-state index in [2.05, 4.69) is 22.8 Å².